The monoisotopic (exact) mass is 150 g/mol. The van der Waals surface area contributed by atoms with Crippen LogP contribution in [0.15, 0.2) is 25.7 Å². The minimum atomic E-state index is -3.93. The third-order valence-corrected chi connectivity index (χ3v) is 1.25. The molecule has 0 saturated carbocycles. The number of phosphoric ester groups is 1. The van der Waals surface area contributed by atoms with Crippen LogP contribution >= 0.6 is 7.82 Å². The van der Waals surface area contributed by atoms with Gasteiger partial charge in [-0.05, 0) is 0 Å². The van der Waals surface area contributed by atoms with Gasteiger partial charge in [-0.2, -0.15) is 0 Å². The molecule has 0 rings (SSSR count). The maximum atomic E-state index is 10.4. The predicted molar refractivity (Wildman–Crippen MR) is 32.4 cm³/mol. The van der Waals surface area contributed by atoms with Gasteiger partial charge in [0.15, 0.2) is 0 Å². The lowest BCUT2D eigenvalue weighted by Crippen LogP contribution is -1.81. The van der Waals surface area contributed by atoms with Gasteiger partial charge in [-0.3, -0.25) is 4.89 Å². The molecule has 0 aromatic heterocycles. The second kappa shape index (κ2) is 3.33. The van der Waals surface area contributed by atoms with Crippen LogP contribution in [0.5, 0.6) is 0 Å². The van der Waals surface area contributed by atoms with Gasteiger partial charge in [-0.25, -0.2) is 4.57 Å². The van der Waals surface area contributed by atoms with Crippen molar-refractivity contribution in [3.63, 3.8) is 0 Å². The first-order valence-electron chi connectivity index (χ1n) is 2.04. The maximum absolute atomic E-state index is 10.4. The van der Waals surface area contributed by atoms with E-state index >= 15 is 0 Å². The van der Waals surface area contributed by atoms with Gasteiger partial charge in [0, 0.05) is 0 Å². The molecule has 5 heteroatoms. The van der Waals surface area contributed by atoms with Crippen LogP contribution in [0.25, 0.3) is 0 Å². The highest BCUT2D eigenvalue weighted by molar-refractivity contribution is 7.47. The Balaban J connectivity index is 3.85. The second-order valence-corrected chi connectivity index (χ2v) is 2.37. The first kappa shape index (κ1) is 8.27. The highest BCUT2D eigenvalue weighted by atomic mass is 31.2. The number of phosphoric acid groups is 1. The molecular formula is C4H7O4P. The molecule has 0 aliphatic rings. The minimum Gasteiger partial charge on any atom is -0.404 e. The molecule has 0 fully saturated rings. The van der Waals surface area contributed by atoms with E-state index in [9.17, 15) is 4.57 Å². The highest BCUT2D eigenvalue weighted by Gasteiger charge is 2.18. The molecule has 0 amide bonds. The van der Waals surface area contributed by atoms with Crippen molar-refractivity contribution in [3.05, 3.63) is 25.7 Å². The first-order chi connectivity index (χ1) is 4.12. The van der Waals surface area contributed by atoms with Gasteiger partial charge in [0.1, 0.15) is 0 Å². The summed E-state index contributed by atoms with van der Waals surface area (Å²) in [5.74, 6) is 0. The molecule has 0 saturated heterocycles. The zero-order valence-electron chi connectivity index (χ0n) is 4.69. The summed E-state index contributed by atoms with van der Waals surface area (Å²) in [7, 11) is -3.93. The third kappa shape index (κ3) is 3.82. The van der Waals surface area contributed by atoms with E-state index in [4.69, 9.17) is 4.89 Å². The van der Waals surface area contributed by atoms with Crippen LogP contribution in [0.4, 0.5) is 0 Å². The zero-order chi connectivity index (χ0) is 7.33. The molecule has 0 heterocycles. The first-order valence-corrected chi connectivity index (χ1v) is 3.53. The fraction of sp³-hybridized carbons (Fsp3) is 0. The molecular weight excluding hydrogens is 143 g/mol. The standard InChI is InChI=1S/C4H7O4P/c1-3-7-9(5,6)8-4-2/h3-4H,1-2H2,(H,5,6). The number of hydrogen-bond acceptors (Lipinski definition) is 3. The molecule has 0 aromatic carbocycles. The van der Waals surface area contributed by atoms with Crippen LogP contribution in [0.1, 0.15) is 0 Å². The summed E-state index contributed by atoms with van der Waals surface area (Å²) in [4.78, 5) is 8.48. The van der Waals surface area contributed by atoms with Gasteiger partial charge >= 0.3 is 7.82 Å². The topological polar surface area (TPSA) is 55.8 Å². The molecule has 0 aliphatic carbocycles. The van der Waals surface area contributed by atoms with Crippen molar-refractivity contribution >= 4 is 7.82 Å². The quantitative estimate of drug-likeness (QED) is 0.486. The van der Waals surface area contributed by atoms with E-state index in [0.717, 1.165) is 12.5 Å². The molecule has 0 bridgehead atoms. The van der Waals surface area contributed by atoms with Crippen LogP contribution in [0.2, 0.25) is 0 Å². The Hall–Kier alpha value is -0.730. The van der Waals surface area contributed by atoms with Crippen LogP contribution in [-0.2, 0) is 13.6 Å². The van der Waals surface area contributed by atoms with Gasteiger partial charge in [-0.1, -0.05) is 13.2 Å². The summed E-state index contributed by atoms with van der Waals surface area (Å²) < 4.78 is 18.5. The van der Waals surface area contributed by atoms with Gasteiger partial charge in [-0.15, -0.1) is 0 Å². The average Bonchev–Trinajstić information content (AvgIpc) is 1.64. The summed E-state index contributed by atoms with van der Waals surface area (Å²) in [6, 6.07) is 0. The second-order valence-electron chi connectivity index (χ2n) is 1.01. The van der Waals surface area contributed by atoms with E-state index in [-0.39, 0.29) is 0 Å². The molecule has 4 nitrogen and oxygen atoms in total. The SMILES string of the molecule is C=COP(=O)(O)OC=C. The van der Waals surface area contributed by atoms with E-state index in [0.29, 0.717) is 0 Å². The van der Waals surface area contributed by atoms with Gasteiger partial charge in [0.05, 0.1) is 12.5 Å². The van der Waals surface area contributed by atoms with E-state index in [1.165, 1.54) is 0 Å². The molecule has 0 radical (unpaired) electrons. The molecule has 0 unspecified atom stereocenters. The maximum Gasteiger partial charge on any atom is 0.583 e. The van der Waals surface area contributed by atoms with Crippen LogP contribution in [0.3, 0.4) is 0 Å². The summed E-state index contributed by atoms with van der Waals surface area (Å²) >= 11 is 0. The molecule has 0 spiro atoms. The fourth-order valence-corrected chi connectivity index (χ4v) is 0.640. The predicted octanol–water partition coefficient (Wildman–Crippen LogP) is 1.41. The Bertz CT molecular complexity index is 139. The largest absolute Gasteiger partial charge is 0.583 e. The lowest BCUT2D eigenvalue weighted by molar-refractivity contribution is 0.245. The average molecular weight is 150 g/mol. The Morgan fingerprint density at radius 2 is 1.67 bits per heavy atom. The number of rotatable bonds is 4. The van der Waals surface area contributed by atoms with E-state index < -0.39 is 7.82 Å². The van der Waals surface area contributed by atoms with Crippen molar-refractivity contribution in [2.75, 3.05) is 0 Å². The number of hydrogen-bond donors (Lipinski definition) is 1. The van der Waals surface area contributed by atoms with Gasteiger partial charge in [0.25, 0.3) is 0 Å². The van der Waals surface area contributed by atoms with Crippen molar-refractivity contribution in [3.8, 4) is 0 Å². The summed E-state index contributed by atoms with van der Waals surface area (Å²) in [6.07, 6.45) is 1.65. The minimum absolute atomic E-state index is 0.824. The Labute approximate surface area is 53.0 Å². The Morgan fingerprint density at radius 3 is 1.89 bits per heavy atom. The van der Waals surface area contributed by atoms with E-state index in [2.05, 4.69) is 22.2 Å². The van der Waals surface area contributed by atoms with Crippen molar-refractivity contribution in [2.24, 2.45) is 0 Å². The summed E-state index contributed by atoms with van der Waals surface area (Å²) in [6.45, 7) is 6.12. The molecule has 0 atom stereocenters. The van der Waals surface area contributed by atoms with E-state index in [1.807, 2.05) is 0 Å². The third-order valence-electron chi connectivity index (χ3n) is 0.415. The Morgan fingerprint density at radius 1 is 1.33 bits per heavy atom. The van der Waals surface area contributed by atoms with Crippen LogP contribution in [-0.4, -0.2) is 4.89 Å². The fourth-order valence-electron chi connectivity index (χ4n) is 0.213. The molecule has 0 aliphatic heterocycles. The van der Waals surface area contributed by atoms with Crippen LogP contribution < -0.4 is 0 Å². The lowest BCUT2D eigenvalue weighted by atomic mass is 11.2. The van der Waals surface area contributed by atoms with E-state index in [1.54, 1.807) is 0 Å². The highest BCUT2D eigenvalue weighted by Crippen LogP contribution is 2.43. The van der Waals surface area contributed by atoms with Crippen molar-refractivity contribution < 1.29 is 18.5 Å². The van der Waals surface area contributed by atoms with Gasteiger partial charge < -0.3 is 9.05 Å². The lowest BCUT2D eigenvalue weighted by Gasteiger charge is -2.05. The molecule has 9 heavy (non-hydrogen) atoms. The van der Waals surface area contributed by atoms with Crippen LogP contribution in [0, 0.1) is 0 Å². The normalized spacial score (nSPS) is 9.89. The smallest absolute Gasteiger partial charge is 0.404 e. The molecule has 0 aromatic rings. The summed E-state index contributed by atoms with van der Waals surface area (Å²) in [5.41, 5.74) is 0. The van der Waals surface area contributed by atoms with Crippen molar-refractivity contribution in [1.82, 2.24) is 0 Å². The summed E-state index contributed by atoms with van der Waals surface area (Å²) in [5, 5.41) is 0. The molecule has 1 N–H and O–H groups in total. The van der Waals surface area contributed by atoms with Crippen molar-refractivity contribution in [2.45, 2.75) is 0 Å². The molecule has 52 valence electrons. The Kier molecular flexibility index (Phi) is 3.06. The van der Waals surface area contributed by atoms with Crippen molar-refractivity contribution in [1.29, 1.82) is 0 Å². The zero-order valence-corrected chi connectivity index (χ0v) is 5.58. The van der Waals surface area contributed by atoms with Gasteiger partial charge in [0.2, 0.25) is 0 Å².